The number of rotatable bonds is 3. The van der Waals surface area contributed by atoms with E-state index >= 15 is 0 Å². The number of pyridine rings is 1. The van der Waals surface area contributed by atoms with E-state index in [0.29, 0.717) is 39.4 Å². The van der Waals surface area contributed by atoms with Gasteiger partial charge in [-0.05, 0) is 67.4 Å². The summed E-state index contributed by atoms with van der Waals surface area (Å²) in [7, 11) is 0. The molecule has 0 radical (unpaired) electrons. The van der Waals surface area contributed by atoms with Crippen molar-refractivity contribution in [3.05, 3.63) is 94.9 Å². The Labute approximate surface area is 178 Å². The molecule has 0 saturated heterocycles. The molecule has 31 heavy (non-hydrogen) atoms. The molecule has 7 heteroatoms. The van der Waals surface area contributed by atoms with Crippen molar-refractivity contribution in [2.45, 2.75) is 6.92 Å². The van der Waals surface area contributed by atoms with Gasteiger partial charge in [-0.3, -0.25) is 14.0 Å². The fourth-order valence-corrected chi connectivity index (χ4v) is 2.94. The van der Waals surface area contributed by atoms with E-state index in [1.54, 1.807) is 47.0 Å². The zero-order valence-corrected chi connectivity index (χ0v) is 16.5. The Morgan fingerprint density at radius 1 is 0.935 bits per heavy atom. The summed E-state index contributed by atoms with van der Waals surface area (Å²) in [5.41, 5.74) is 2.89. The normalized spacial score (nSPS) is 10.1. The largest absolute Gasteiger partial charge is 0.322 e. The SMILES string of the molecule is CC(=O)c1ccc(NC(=O)c2cc(C#N)cc(C#Cc3nnc4ccccn34)c2)cc1. The molecular formula is C24H15N5O2. The number of nitrogens with zero attached hydrogens (tertiary/aromatic N) is 4. The predicted molar refractivity (Wildman–Crippen MR) is 115 cm³/mol. The first kappa shape index (κ1) is 19.6. The summed E-state index contributed by atoms with van der Waals surface area (Å²) in [6.45, 7) is 1.48. The molecule has 0 fully saturated rings. The fourth-order valence-electron chi connectivity index (χ4n) is 2.94. The number of hydrogen-bond acceptors (Lipinski definition) is 5. The van der Waals surface area contributed by atoms with E-state index in [1.807, 2.05) is 18.2 Å². The molecule has 0 unspecified atom stereocenters. The maximum Gasteiger partial charge on any atom is 0.255 e. The lowest BCUT2D eigenvalue weighted by Gasteiger charge is -2.07. The molecule has 7 nitrogen and oxygen atoms in total. The van der Waals surface area contributed by atoms with Crippen LogP contribution >= 0.6 is 0 Å². The van der Waals surface area contributed by atoms with Crippen molar-refractivity contribution >= 4 is 23.0 Å². The Bertz CT molecular complexity index is 1420. The number of anilines is 1. The van der Waals surface area contributed by atoms with Gasteiger partial charge in [0.2, 0.25) is 5.82 Å². The van der Waals surface area contributed by atoms with Gasteiger partial charge in [-0.15, -0.1) is 10.2 Å². The van der Waals surface area contributed by atoms with Gasteiger partial charge in [0, 0.05) is 28.6 Å². The summed E-state index contributed by atoms with van der Waals surface area (Å²) >= 11 is 0. The molecule has 0 aliphatic rings. The first-order valence-corrected chi connectivity index (χ1v) is 9.33. The number of Topliss-reactive ketones (excluding diaryl/α,β-unsaturated/α-hetero) is 1. The first-order valence-electron chi connectivity index (χ1n) is 9.33. The molecule has 0 bridgehead atoms. The molecule has 0 atom stereocenters. The number of aromatic nitrogens is 3. The zero-order valence-electron chi connectivity index (χ0n) is 16.5. The minimum Gasteiger partial charge on any atom is -0.322 e. The average molecular weight is 405 g/mol. The number of fused-ring (bicyclic) bond motifs is 1. The second kappa shape index (κ2) is 8.32. The van der Waals surface area contributed by atoms with Crippen LogP contribution in [0.1, 0.15) is 44.6 Å². The van der Waals surface area contributed by atoms with Crippen molar-refractivity contribution in [1.82, 2.24) is 14.6 Å². The highest BCUT2D eigenvalue weighted by Crippen LogP contribution is 2.14. The van der Waals surface area contributed by atoms with Gasteiger partial charge in [0.05, 0.1) is 11.6 Å². The molecular weight excluding hydrogens is 390 g/mol. The first-order chi connectivity index (χ1) is 15.0. The number of carbonyl (C=O) groups excluding carboxylic acids is 2. The van der Waals surface area contributed by atoms with E-state index in [2.05, 4.69) is 33.4 Å². The quantitative estimate of drug-likeness (QED) is 0.416. The van der Waals surface area contributed by atoms with E-state index in [0.717, 1.165) is 0 Å². The van der Waals surface area contributed by atoms with Gasteiger partial charge in [0.25, 0.3) is 5.91 Å². The van der Waals surface area contributed by atoms with Gasteiger partial charge in [0.1, 0.15) is 0 Å². The topological polar surface area (TPSA) is 100 Å². The van der Waals surface area contributed by atoms with Gasteiger partial charge >= 0.3 is 0 Å². The van der Waals surface area contributed by atoms with Crippen LogP contribution in [0.2, 0.25) is 0 Å². The van der Waals surface area contributed by atoms with Gasteiger partial charge in [-0.1, -0.05) is 12.0 Å². The number of nitriles is 1. The molecule has 2 heterocycles. The lowest BCUT2D eigenvalue weighted by molar-refractivity contribution is 0.101. The molecule has 0 saturated carbocycles. The number of ketones is 1. The van der Waals surface area contributed by atoms with Gasteiger partial charge in [0.15, 0.2) is 11.4 Å². The highest BCUT2D eigenvalue weighted by Gasteiger charge is 2.10. The number of hydrogen-bond donors (Lipinski definition) is 1. The van der Waals surface area contributed by atoms with Crippen molar-refractivity contribution in [3.8, 4) is 17.9 Å². The minimum atomic E-state index is -0.386. The fraction of sp³-hybridized carbons (Fsp3) is 0.0417. The zero-order chi connectivity index (χ0) is 21.8. The van der Waals surface area contributed by atoms with E-state index < -0.39 is 0 Å². The van der Waals surface area contributed by atoms with Gasteiger partial charge in [-0.2, -0.15) is 5.26 Å². The smallest absolute Gasteiger partial charge is 0.255 e. The number of amides is 1. The third-order valence-corrected chi connectivity index (χ3v) is 4.51. The monoisotopic (exact) mass is 405 g/mol. The molecule has 1 amide bonds. The molecule has 0 aliphatic heterocycles. The molecule has 2 aromatic carbocycles. The predicted octanol–water partition coefficient (Wildman–Crippen LogP) is 3.46. The van der Waals surface area contributed by atoms with Crippen LogP contribution in [0.5, 0.6) is 0 Å². The van der Waals surface area contributed by atoms with E-state index in [4.69, 9.17) is 0 Å². The van der Waals surface area contributed by atoms with Crippen LogP contribution in [0, 0.1) is 23.2 Å². The maximum atomic E-state index is 12.7. The minimum absolute atomic E-state index is 0.0525. The van der Waals surface area contributed by atoms with Gasteiger partial charge < -0.3 is 5.32 Å². The Morgan fingerprint density at radius 3 is 2.45 bits per heavy atom. The summed E-state index contributed by atoms with van der Waals surface area (Å²) in [4.78, 5) is 24.1. The van der Waals surface area contributed by atoms with Crippen LogP contribution in [0.4, 0.5) is 5.69 Å². The van der Waals surface area contributed by atoms with Crippen LogP contribution in [-0.2, 0) is 0 Å². The Hall–Kier alpha value is -4.75. The Morgan fingerprint density at radius 2 is 1.71 bits per heavy atom. The third-order valence-electron chi connectivity index (χ3n) is 4.51. The summed E-state index contributed by atoms with van der Waals surface area (Å²) in [6.07, 6.45) is 1.81. The average Bonchev–Trinajstić information content (AvgIpc) is 3.21. The third kappa shape index (κ3) is 4.31. The molecule has 148 valence electrons. The van der Waals surface area contributed by atoms with Crippen LogP contribution < -0.4 is 5.32 Å². The van der Waals surface area contributed by atoms with Crippen LogP contribution in [0.15, 0.2) is 66.9 Å². The van der Waals surface area contributed by atoms with Crippen molar-refractivity contribution in [3.63, 3.8) is 0 Å². The molecule has 0 aliphatic carbocycles. The summed E-state index contributed by atoms with van der Waals surface area (Å²) in [5, 5.41) is 20.2. The maximum absolute atomic E-state index is 12.7. The van der Waals surface area contributed by atoms with E-state index in [9.17, 15) is 14.9 Å². The lowest BCUT2D eigenvalue weighted by Crippen LogP contribution is -2.12. The number of carbonyl (C=O) groups is 2. The summed E-state index contributed by atoms with van der Waals surface area (Å²) in [5.74, 6) is 5.90. The second-order valence-electron chi connectivity index (χ2n) is 6.70. The molecule has 2 aromatic heterocycles. The van der Waals surface area contributed by atoms with Crippen LogP contribution in [0.25, 0.3) is 5.65 Å². The lowest BCUT2D eigenvalue weighted by atomic mass is 10.1. The van der Waals surface area contributed by atoms with Crippen LogP contribution in [0.3, 0.4) is 0 Å². The van der Waals surface area contributed by atoms with Gasteiger partial charge in [-0.25, -0.2) is 0 Å². The van der Waals surface area contributed by atoms with Crippen molar-refractivity contribution in [2.75, 3.05) is 5.32 Å². The van der Waals surface area contributed by atoms with Crippen molar-refractivity contribution in [2.24, 2.45) is 0 Å². The highest BCUT2D eigenvalue weighted by molar-refractivity contribution is 6.05. The van der Waals surface area contributed by atoms with E-state index in [1.165, 1.54) is 13.0 Å². The second-order valence-corrected chi connectivity index (χ2v) is 6.70. The number of benzene rings is 2. The highest BCUT2D eigenvalue weighted by atomic mass is 16.1. The molecule has 0 spiro atoms. The van der Waals surface area contributed by atoms with Crippen LogP contribution in [-0.4, -0.2) is 26.3 Å². The summed E-state index contributed by atoms with van der Waals surface area (Å²) < 4.78 is 1.75. The standard InChI is InChI=1S/C24H15N5O2/c1-16(30)19-6-8-21(9-7-19)26-24(31)20-13-17(12-18(14-20)15-25)5-10-23-28-27-22-4-2-3-11-29(22)23/h2-4,6-9,11-14H,1H3,(H,26,31). The molecule has 4 aromatic rings. The Balaban J connectivity index is 1.61. The van der Waals surface area contributed by atoms with Crippen molar-refractivity contribution in [1.29, 1.82) is 5.26 Å². The number of nitrogens with one attached hydrogen (secondary N) is 1. The van der Waals surface area contributed by atoms with E-state index in [-0.39, 0.29) is 11.7 Å². The molecule has 4 rings (SSSR count). The molecule has 1 N–H and O–H groups in total. The summed E-state index contributed by atoms with van der Waals surface area (Å²) in [6, 6.07) is 18.9. The Kier molecular flexibility index (Phi) is 5.25. The van der Waals surface area contributed by atoms with Crippen molar-refractivity contribution < 1.29 is 9.59 Å².